The predicted molar refractivity (Wildman–Crippen MR) is 94.6 cm³/mol. The molecule has 0 bridgehead atoms. The van der Waals surface area contributed by atoms with Gasteiger partial charge in [-0.3, -0.25) is 4.79 Å². The van der Waals surface area contributed by atoms with Crippen molar-refractivity contribution >= 4 is 0 Å². The number of fused-ring (bicyclic) bond motifs is 1. The highest BCUT2D eigenvalue weighted by molar-refractivity contribution is 5.62. The summed E-state index contributed by atoms with van der Waals surface area (Å²) in [6.07, 6.45) is 1.44. The first kappa shape index (κ1) is 16.2. The van der Waals surface area contributed by atoms with Crippen molar-refractivity contribution in [3.8, 4) is 40.2 Å². The fraction of sp³-hybridized carbons (Fsp3) is 0.0526. The van der Waals surface area contributed by atoms with Crippen LogP contribution >= 0.6 is 0 Å². The van der Waals surface area contributed by atoms with Gasteiger partial charge in [0.15, 0.2) is 17.2 Å². The molecule has 138 valence electrons. The third-order valence-corrected chi connectivity index (χ3v) is 4.14. The number of benzene rings is 2. The minimum atomic E-state index is -0.414. The van der Waals surface area contributed by atoms with Crippen molar-refractivity contribution in [3.63, 3.8) is 0 Å². The summed E-state index contributed by atoms with van der Waals surface area (Å²) >= 11 is 0. The maximum absolute atomic E-state index is 13.5. The molecule has 5 rings (SSSR count). The SMILES string of the molecule is O=c1ccn(-c2cccc(F)c2)nc1-c1nc(-c2ccc3c(c2)OCO3)no1. The second-order valence-corrected chi connectivity index (χ2v) is 5.94. The lowest BCUT2D eigenvalue weighted by molar-refractivity contribution is 0.174. The highest BCUT2D eigenvalue weighted by atomic mass is 19.1. The van der Waals surface area contributed by atoms with Crippen LogP contribution in [0.15, 0.2) is 64.0 Å². The van der Waals surface area contributed by atoms with Gasteiger partial charge in [-0.05, 0) is 36.4 Å². The zero-order valence-electron chi connectivity index (χ0n) is 14.2. The summed E-state index contributed by atoms with van der Waals surface area (Å²) < 4.78 is 30.7. The molecule has 28 heavy (non-hydrogen) atoms. The Bertz CT molecular complexity index is 1250. The molecule has 1 aliphatic rings. The Labute approximate surface area is 156 Å². The fourth-order valence-electron chi connectivity index (χ4n) is 2.79. The van der Waals surface area contributed by atoms with Crippen LogP contribution in [0.1, 0.15) is 0 Å². The topological polar surface area (TPSA) is 92.3 Å². The molecule has 0 unspecified atom stereocenters. The predicted octanol–water partition coefficient (Wildman–Crippen LogP) is 2.82. The quantitative estimate of drug-likeness (QED) is 0.541. The molecule has 0 atom stereocenters. The molecule has 0 aliphatic carbocycles. The van der Waals surface area contributed by atoms with Crippen molar-refractivity contribution in [2.45, 2.75) is 0 Å². The standard InChI is InChI=1S/C19H11FN4O4/c20-12-2-1-3-13(9-12)24-7-6-14(25)17(22-24)19-21-18(23-28-19)11-4-5-15-16(8-11)27-10-26-15/h1-9H,10H2. The van der Waals surface area contributed by atoms with Crippen molar-refractivity contribution in [2.75, 3.05) is 6.79 Å². The van der Waals surface area contributed by atoms with E-state index in [1.54, 1.807) is 30.3 Å². The first-order valence-corrected chi connectivity index (χ1v) is 8.27. The van der Waals surface area contributed by atoms with Crippen LogP contribution in [0, 0.1) is 5.82 Å². The van der Waals surface area contributed by atoms with Crippen LogP contribution in [-0.2, 0) is 0 Å². The third kappa shape index (κ3) is 2.78. The largest absolute Gasteiger partial charge is 0.454 e. The average Bonchev–Trinajstić information content (AvgIpc) is 3.37. The first-order chi connectivity index (χ1) is 13.7. The summed E-state index contributed by atoms with van der Waals surface area (Å²) in [5.74, 6) is 1.03. The van der Waals surface area contributed by atoms with Crippen LogP contribution in [0.2, 0.25) is 0 Å². The van der Waals surface area contributed by atoms with Crippen LogP contribution in [0.3, 0.4) is 0 Å². The van der Waals surface area contributed by atoms with E-state index in [0.717, 1.165) is 0 Å². The molecule has 0 amide bonds. The maximum Gasteiger partial charge on any atom is 0.282 e. The van der Waals surface area contributed by atoms with Gasteiger partial charge in [-0.2, -0.15) is 10.1 Å². The minimum Gasteiger partial charge on any atom is -0.454 e. The monoisotopic (exact) mass is 378 g/mol. The summed E-state index contributed by atoms with van der Waals surface area (Å²) in [5, 5.41) is 8.13. The highest BCUT2D eigenvalue weighted by Gasteiger charge is 2.19. The van der Waals surface area contributed by atoms with Crippen LogP contribution < -0.4 is 14.9 Å². The summed E-state index contributed by atoms with van der Waals surface area (Å²) in [6, 6.07) is 12.4. The fourth-order valence-corrected chi connectivity index (χ4v) is 2.79. The molecule has 4 aromatic rings. The molecule has 9 heteroatoms. The van der Waals surface area contributed by atoms with Crippen molar-refractivity contribution in [2.24, 2.45) is 0 Å². The molecular weight excluding hydrogens is 367 g/mol. The second-order valence-electron chi connectivity index (χ2n) is 5.94. The zero-order chi connectivity index (χ0) is 19.1. The summed E-state index contributed by atoms with van der Waals surface area (Å²) in [5.41, 5.74) is 0.664. The van der Waals surface area contributed by atoms with E-state index in [-0.39, 0.29) is 24.2 Å². The highest BCUT2D eigenvalue weighted by Crippen LogP contribution is 2.35. The number of hydrogen-bond donors (Lipinski definition) is 0. The van der Waals surface area contributed by atoms with Crippen molar-refractivity contribution in [3.05, 3.63) is 70.8 Å². The molecule has 2 aromatic heterocycles. The van der Waals surface area contributed by atoms with Crippen molar-refractivity contribution in [1.82, 2.24) is 19.9 Å². The second kappa shape index (κ2) is 6.31. The van der Waals surface area contributed by atoms with Crippen LogP contribution in [0.4, 0.5) is 4.39 Å². The van der Waals surface area contributed by atoms with Gasteiger partial charge in [0.2, 0.25) is 18.0 Å². The van der Waals surface area contributed by atoms with E-state index in [2.05, 4.69) is 15.2 Å². The molecule has 2 aromatic carbocycles. The Hall–Kier alpha value is -4.01. The average molecular weight is 378 g/mol. The Morgan fingerprint density at radius 3 is 2.82 bits per heavy atom. The molecule has 3 heterocycles. The van der Waals surface area contributed by atoms with Crippen molar-refractivity contribution in [1.29, 1.82) is 0 Å². The maximum atomic E-state index is 13.5. The molecule has 0 saturated carbocycles. The van der Waals surface area contributed by atoms with E-state index in [0.29, 0.717) is 22.7 Å². The normalized spacial score (nSPS) is 12.3. The van der Waals surface area contributed by atoms with E-state index in [1.807, 2.05) is 0 Å². The summed E-state index contributed by atoms with van der Waals surface area (Å²) in [4.78, 5) is 16.5. The number of halogens is 1. The molecule has 0 radical (unpaired) electrons. The van der Waals surface area contributed by atoms with Crippen molar-refractivity contribution < 1.29 is 18.4 Å². The molecule has 8 nitrogen and oxygen atoms in total. The number of rotatable bonds is 3. The Kier molecular flexibility index (Phi) is 3.64. The van der Waals surface area contributed by atoms with Gasteiger partial charge < -0.3 is 14.0 Å². The lowest BCUT2D eigenvalue weighted by atomic mass is 10.2. The van der Waals surface area contributed by atoms with Gasteiger partial charge in [0.05, 0.1) is 5.69 Å². The van der Waals surface area contributed by atoms with Gasteiger partial charge in [-0.15, -0.1) is 0 Å². The molecule has 0 fully saturated rings. The van der Waals surface area contributed by atoms with Crippen LogP contribution in [-0.4, -0.2) is 26.7 Å². The van der Waals surface area contributed by atoms with Gasteiger partial charge >= 0.3 is 0 Å². The third-order valence-electron chi connectivity index (χ3n) is 4.14. The van der Waals surface area contributed by atoms with Gasteiger partial charge in [-0.25, -0.2) is 9.07 Å². The number of hydrogen-bond acceptors (Lipinski definition) is 7. The first-order valence-electron chi connectivity index (χ1n) is 8.27. The van der Waals surface area contributed by atoms with E-state index in [9.17, 15) is 9.18 Å². The number of aromatic nitrogens is 4. The Balaban J connectivity index is 1.54. The van der Waals surface area contributed by atoms with Gasteiger partial charge in [-0.1, -0.05) is 11.2 Å². The zero-order valence-corrected chi connectivity index (χ0v) is 14.2. The lowest BCUT2D eigenvalue weighted by Crippen LogP contribution is -2.12. The van der Waals surface area contributed by atoms with E-state index in [1.165, 1.54) is 29.1 Å². The smallest absolute Gasteiger partial charge is 0.282 e. The molecule has 0 spiro atoms. The number of nitrogens with zero attached hydrogens (tertiary/aromatic N) is 4. The van der Waals surface area contributed by atoms with E-state index >= 15 is 0 Å². The van der Waals surface area contributed by atoms with Crippen LogP contribution in [0.25, 0.3) is 28.7 Å². The van der Waals surface area contributed by atoms with Crippen LogP contribution in [0.5, 0.6) is 11.5 Å². The Morgan fingerprint density at radius 1 is 1.04 bits per heavy atom. The lowest BCUT2D eigenvalue weighted by Gasteiger charge is -2.05. The number of ether oxygens (including phenoxy) is 2. The minimum absolute atomic E-state index is 0.0359. The Morgan fingerprint density at radius 2 is 1.93 bits per heavy atom. The molecule has 1 aliphatic heterocycles. The molecular formula is C19H11FN4O4. The van der Waals surface area contributed by atoms with Gasteiger partial charge in [0.1, 0.15) is 5.82 Å². The summed E-state index contributed by atoms with van der Waals surface area (Å²) in [7, 11) is 0. The molecule has 0 N–H and O–H groups in total. The van der Waals surface area contributed by atoms with Gasteiger partial charge in [0.25, 0.3) is 5.89 Å². The van der Waals surface area contributed by atoms with E-state index in [4.69, 9.17) is 14.0 Å². The summed E-state index contributed by atoms with van der Waals surface area (Å²) in [6.45, 7) is 0.157. The molecule has 0 saturated heterocycles. The van der Waals surface area contributed by atoms with E-state index < -0.39 is 11.2 Å². The van der Waals surface area contributed by atoms with Gasteiger partial charge in [0, 0.05) is 17.8 Å².